The zero-order chi connectivity index (χ0) is 14.7. The quantitative estimate of drug-likeness (QED) is 0.712. The van der Waals surface area contributed by atoms with Crippen LogP contribution in [0.25, 0.3) is 11.0 Å². The minimum atomic E-state index is 0.0714. The highest BCUT2D eigenvalue weighted by molar-refractivity contribution is 5.75. The number of para-hydroxylation sites is 2. The van der Waals surface area contributed by atoms with Crippen LogP contribution in [0.15, 0.2) is 24.3 Å². The first-order valence-electron chi connectivity index (χ1n) is 7.98. The van der Waals surface area contributed by atoms with Gasteiger partial charge in [-0.15, -0.1) is 0 Å². The molecule has 0 spiro atoms. The Morgan fingerprint density at radius 1 is 1.00 bits per heavy atom. The second-order valence-corrected chi connectivity index (χ2v) is 5.90. The lowest BCUT2D eigenvalue weighted by Crippen LogP contribution is -3.13. The fraction of sp³-hybridized carbons (Fsp3) is 0.562. The molecule has 2 aromatic rings. The maximum absolute atomic E-state index is 9.23. The van der Waals surface area contributed by atoms with Crippen LogP contribution in [0.5, 0.6) is 0 Å². The molecule has 1 saturated heterocycles. The van der Waals surface area contributed by atoms with Crippen molar-refractivity contribution in [1.29, 1.82) is 5.41 Å². The Balaban J connectivity index is 1.87. The van der Waals surface area contributed by atoms with Crippen molar-refractivity contribution in [1.82, 2.24) is 9.13 Å². The molecule has 1 aromatic heterocycles. The Bertz CT molecular complexity index is 652. The number of hydrogen-bond donors (Lipinski definition) is 3. The largest absolute Gasteiger partial charge is 0.395 e. The molecule has 3 N–H and O–H groups in total. The number of hydrogen-bond acceptors (Lipinski definition) is 2. The van der Waals surface area contributed by atoms with E-state index in [2.05, 4.69) is 10.6 Å². The monoisotopic (exact) mass is 289 g/mol. The number of piperidine rings is 1. The minimum Gasteiger partial charge on any atom is -0.395 e. The predicted octanol–water partition coefficient (Wildman–Crippen LogP) is -0.0166. The van der Waals surface area contributed by atoms with E-state index >= 15 is 0 Å². The maximum atomic E-state index is 9.23. The molecule has 1 aliphatic rings. The number of nitrogens with zero attached hydrogens (tertiary/aromatic N) is 2. The predicted molar refractivity (Wildman–Crippen MR) is 82.3 cm³/mol. The van der Waals surface area contributed by atoms with E-state index in [1.54, 1.807) is 4.90 Å². The number of aromatic nitrogens is 2. The van der Waals surface area contributed by atoms with Crippen molar-refractivity contribution >= 4 is 11.0 Å². The van der Waals surface area contributed by atoms with Crippen LogP contribution in [-0.2, 0) is 13.1 Å². The van der Waals surface area contributed by atoms with Gasteiger partial charge in [0.15, 0.2) is 0 Å². The number of quaternary nitrogens is 1. The van der Waals surface area contributed by atoms with Gasteiger partial charge in [0.25, 0.3) is 0 Å². The molecule has 5 nitrogen and oxygen atoms in total. The van der Waals surface area contributed by atoms with E-state index in [1.807, 2.05) is 22.8 Å². The van der Waals surface area contributed by atoms with E-state index in [9.17, 15) is 5.11 Å². The molecule has 0 amide bonds. The normalized spacial score (nSPS) is 16.6. The number of nitrogens with one attached hydrogen (secondary N) is 2. The minimum absolute atomic E-state index is 0.0714. The number of imidazole rings is 1. The van der Waals surface area contributed by atoms with E-state index in [-0.39, 0.29) is 6.61 Å². The molecule has 2 heterocycles. The number of likely N-dealkylation sites (tertiary alicyclic amines) is 1. The molecule has 0 unspecified atom stereocenters. The number of fused-ring (bicyclic) bond motifs is 1. The topological polar surface area (TPSA) is 58.4 Å². The van der Waals surface area contributed by atoms with Crippen LogP contribution in [0.2, 0.25) is 0 Å². The third-order valence-corrected chi connectivity index (χ3v) is 4.55. The van der Waals surface area contributed by atoms with Gasteiger partial charge >= 0.3 is 0 Å². The summed E-state index contributed by atoms with van der Waals surface area (Å²) < 4.78 is 3.99. The third-order valence-electron chi connectivity index (χ3n) is 4.55. The van der Waals surface area contributed by atoms with Gasteiger partial charge in [-0.25, -0.2) is 0 Å². The summed E-state index contributed by atoms with van der Waals surface area (Å²) in [7, 11) is 0. The summed E-state index contributed by atoms with van der Waals surface area (Å²) in [6, 6.07) is 8.13. The maximum Gasteiger partial charge on any atom is 0.203 e. The molecule has 0 aliphatic carbocycles. The third kappa shape index (κ3) is 2.89. The van der Waals surface area contributed by atoms with Crippen molar-refractivity contribution in [3.8, 4) is 0 Å². The van der Waals surface area contributed by atoms with E-state index in [1.165, 1.54) is 32.4 Å². The van der Waals surface area contributed by atoms with Gasteiger partial charge in [0.1, 0.15) is 0 Å². The zero-order valence-corrected chi connectivity index (χ0v) is 12.5. The summed E-state index contributed by atoms with van der Waals surface area (Å²) in [6.45, 7) is 5.06. The summed E-state index contributed by atoms with van der Waals surface area (Å²) in [5, 5.41) is 17.6. The fourth-order valence-electron chi connectivity index (χ4n) is 3.42. The highest BCUT2D eigenvalue weighted by atomic mass is 16.3. The van der Waals surface area contributed by atoms with Crippen LogP contribution < -0.4 is 10.5 Å². The average Bonchev–Trinajstić information content (AvgIpc) is 2.79. The lowest BCUT2D eigenvalue weighted by Gasteiger charge is -2.23. The van der Waals surface area contributed by atoms with Gasteiger partial charge in [0.05, 0.1) is 43.8 Å². The summed E-state index contributed by atoms with van der Waals surface area (Å²) in [6.07, 6.45) is 4.04. The molecule has 1 fully saturated rings. The lowest BCUT2D eigenvalue weighted by atomic mass is 10.1. The van der Waals surface area contributed by atoms with Crippen LogP contribution >= 0.6 is 0 Å². The molecular formula is C16H25N4O+. The summed E-state index contributed by atoms with van der Waals surface area (Å²) in [5.41, 5.74) is 2.65. The van der Waals surface area contributed by atoms with Gasteiger partial charge in [-0.05, 0) is 31.4 Å². The van der Waals surface area contributed by atoms with Gasteiger partial charge < -0.3 is 19.1 Å². The molecule has 0 atom stereocenters. The van der Waals surface area contributed by atoms with Gasteiger partial charge in [0, 0.05) is 6.54 Å². The molecule has 0 bridgehead atoms. The second-order valence-electron chi connectivity index (χ2n) is 5.90. The molecule has 1 aromatic carbocycles. The average molecular weight is 289 g/mol. The SMILES string of the molecule is N=c1n(CCO)c2ccccc2n1CC[NH+]1CCCCC1. The smallest absolute Gasteiger partial charge is 0.203 e. The summed E-state index contributed by atoms with van der Waals surface area (Å²) >= 11 is 0. The fourth-order valence-corrected chi connectivity index (χ4v) is 3.42. The summed E-state index contributed by atoms with van der Waals surface area (Å²) in [4.78, 5) is 1.66. The first-order valence-corrected chi connectivity index (χ1v) is 7.98. The summed E-state index contributed by atoms with van der Waals surface area (Å²) in [5.74, 6) is 0. The van der Waals surface area contributed by atoms with Crippen LogP contribution in [-0.4, -0.2) is 40.5 Å². The number of aliphatic hydroxyl groups excluding tert-OH is 1. The molecule has 0 saturated carbocycles. The van der Waals surface area contributed by atoms with Gasteiger partial charge in [-0.2, -0.15) is 0 Å². The molecule has 114 valence electrons. The highest BCUT2D eigenvalue weighted by Crippen LogP contribution is 2.12. The molecule has 0 radical (unpaired) electrons. The molecule has 1 aliphatic heterocycles. The molecule has 3 rings (SSSR count). The first kappa shape index (κ1) is 14.4. The number of aliphatic hydroxyl groups is 1. The highest BCUT2D eigenvalue weighted by Gasteiger charge is 2.15. The Labute approximate surface area is 124 Å². The second kappa shape index (κ2) is 6.45. The Morgan fingerprint density at radius 2 is 1.62 bits per heavy atom. The van der Waals surface area contributed by atoms with E-state index < -0.39 is 0 Å². The van der Waals surface area contributed by atoms with Crippen LogP contribution in [0.1, 0.15) is 19.3 Å². The van der Waals surface area contributed by atoms with Crippen molar-refractivity contribution in [3.63, 3.8) is 0 Å². The van der Waals surface area contributed by atoms with E-state index in [4.69, 9.17) is 5.41 Å². The molecule has 5 heteroatoms. The van der Waals surface area contributed by atoms with E-state index in [0.29, 0.717) is 12.2 Å². The number of benzene rings is 1. The Hall–Kier alpha value is -1.59. The standard InChI is InChI=1S/C16H24N4O/c17-16-19(11-10-18-8-4-1-5-9-18)14-6-2-3-7-15(14)20(16)12-13-21/h2-3,6-7,17,21H,1,4-5,8-13H2/p+1. The van der Waals surface area contributed by atoms with Crippen LogP contribution in [0.3, 0.4) is 0 Å². The van der Waals surface area contributed by atoms with Crippen LogP contribution in [0.4, 0.5) is 0 Å². The molecular weight excluding hydrogens is 264 g/mol. The van der Waals surface area contributed by atoms with Gasteiger partial charge in [-0.3, -0.25) is 5.41 Å². The first-order chi connectivity index (χ1) is 10.3. The van der Waals surface area contributed by atoms with Crippen molar-refractivity contribution in [2.24, 2.45) is 0 Å². The van der Waals surface area contributed by atoms with Gasteiger partial charge in [0.2, 0.25) is 5.62 Å². The molecule has 21 heavy (non-hydrogen) atoms. The van der Waals surface area contributed by atoms with E-state index in [0.717, 1.165) is 24.1 Å². The Morgan fingerprint density at radius 3 is 2.24 bits per heavy atom. The Kier molecular flexibility index (Phi) is 4.41. The van der Waals surface area contributed by atoms with Gasteiger partial charge in [-0.1, -0.05) is 12.1 Å². The van der Waals surface area contributed by atoms with Crippen molar-refractivity contribution in [2.45, 2.75) is 32.4 Å². The lowest BCUT2D eigenvalue weighted by molar-refractivity contribution is -0.905. The number of rotatable bonds is 5. The van der Waals surface area contributed by atoms with Crippen molar-refractivity contribution in [2.75, 3.05) is 26.2 Å². The van der Waals surface area contributed by atoms with Crippen molar-refractivity contribution < 1.29 is 10.0 Å². The van der Waals surface area contributed by atoms with Crippen LogP contribution in [0, 0.1) is 5.41 Å². The zero-order valence-electron chi connectivity index (χ0n) is 12.5. The van der Waals surface area contributed by atoms with Crippen molar-refractivity contribution in [3.05, 3.63) is 29.9 Å².